The molecule has 0 saturated carbocycles. The van der Waals surface area contributed by atoms with Crippen molar-refractivity contribution in [3.05, 3.63) is 0 Å². The van der Waals surface area contributed by atoms with Gasteiger partial charge in [0.25, 0.3) is 0 Å². The van der Waals surface area contributed by atoms with Crippen LogP contribution in [0.25, 0.3) is 0 Å². The van der Waals surface area contributed by atoms with Crippen molar-refractivity contribution in [2.24, 2.45) is 10.9 Å². The largest absolute Gasteiger partial charge is 0.482 e. The van der Waals surface area contributed by atoms with E-state index >= 15 is 0 Å². The number of hydrogen-bond acceptors (Lipinski definition) is 3. The Morgan fingerprint density at radius 3 is 3.00 bits per heavy atom. The van der Waals surface area contributed by atoms with Crippen LogP contribution in [0.15, 0.2) is 5.10 Å². The molecule has 0 aromatic carbocycles. The quantitative estimate of drug-likeness (QED) is 0.193. The highest BCUT2D eigenvalue weighted by Crippen LogP contribution is 1.84. The van der Waals surface area contributed by atoms with Crippen molar-refractivity contribution < 1.29 is 4.74 Å². The summed E-state index contributed by atoms with van der Waals surface area (Å²) in [6.07, 6.45) is 3.46. The van der Waals surface area contributed by atoms with Gasteiger partial charge in [-0.2, -0.15) is 5.10 Å². The first-order valence-electron chi connectivity index (χ1n) is 2.75. The molecule has 0 aromatic rings. The van der Waals surface area contributed by atoms with E-state index in [0.717, 1.165) is 19.4 Å². The monoisotopic (exact) mass is 116 g/mol. The zero-order chi connectivity index (χ0) is 6.24. The van der Waals surface area contributed by atoms with Crippen molar-refractivity contribution in [2.45, 2.75) is 19.8 Å². The number of hydrazone groups is 1. The second kappa shape index (κ2) is 6.27. The summed E-state index contributed by atoms with van der Waals surface area (Å²) in [4.78, 5) is 0. The zero-order valence-electron chi connectivity index (χ0n) is 5.13. The van der Waals surface area contributed by atoms with Crippen LogP contribution in [0.1, 0.15) is 19.8 Å². The summed E-state index contributed by atoms with van der Waals surface area (Å²) in [5, 5.41) is 3.16. The van der Waals surface area contributed by atoms with Crippen LogP contribution in [0.3, 0.4) is 0 Å². The summed E-state index contributed by atoms with van der Waals surface area (Å²) in [6.45, 7) is 2.82. The minimum absolute atomic E-state index is 0.719. The number of ether oxygens (including phenoxy) is 1. The van der Waals surface area contributed by atoms with Crippen LogP contribution >= 0.6 is 0 Å². The lowest BCUT2D eigenvalue weighted by molar-refractivity contribution is 0.310. The Balaban J connectivity index is 2.72. The minimum Gasteiger partial charge on any atom is -0.482 e. The lowest BCUT2D eigenvalue weighted by atomic mass is 10.4. The average molecular weight is 116 g/mol. The van der Waals surface area contributed by atoms with Crippen molar-refractivity contribution in [2.75, 3.05) is 6.61 Å². The lowest BCUT2D eigenvalue weighted by Crippen LogP contribution is -1.92. The number of nitrogens with two attached hydrogens (primary N) is 1. The molecule has 0 saturated heterocycles. The Hall–Kier alpha value is -0.730. The summed E-state index contributed by atoms with van der Waals surface area (Å²) in [5.41, 5.74) is 0. The van der Waals surface area contributed by atoms with E-state index in [4.69, 9.17) is 10.6 Å². The van der Waals surface area contributed by atoms with Gasteiger partial charge in [-0.05, 0) is 6.42 Å². The molecule has 0 aliphatic heterocycles. The van der Waals surface area contributed by atoms with E-state index in [1.54, 1.807) is 0 Å². The second-order valence-electron chi connectivity index (χ2n) is 1.48. The molecule has 3 heteroatoms. The van der Waals surface area contributed by atoms with Gasteiger partial charge in [-0.15, -0.1) is 0 Å². The van der Waals surface area contributed by atoms with Gasteiger partial charge in [0, 0.05) is 0 Å². The number of hydrogen-bond donors (Lipinski definition) is 1. The van der Waals surface area contributed by atoms with Crippen molar-refractivity contribution >= 4 is 6.40 Å². The molecule has 0 aromatic heterocycles. The van der Waals surface area contributed by atoms with Crippen molar-refractivity contribution in [3.63, 3.8) is 0 Å². The lowest BCUT2D eigenvalue weighted by Gasteiger charge is -1.93. The molecule has 2 N–H and O–H groups in total. The molecular weight excluding hydrogens is 104 g/mol. The standard InChI is InChI=1S/C5H12N2O/c1-2-3-4-8-5-7-6/h5H,2-4,6H2,1H3/b7-5-. The average Bonchev–Trinajstić information content (AvgIpc) is 1.81. The predicted molar refractivity (Wildman–Crippen MR) is 33.5 cm³/mol. The molecule has 0 heterocycles. The van der Waals surface area contributed by atoms with E-state index in [0.29, 0.717) is 0 Å². The van der Waals surface area contributed by atoms with E-state index in [2.05, 4.69) is 12.0 Å². The van der Waals surface area contributed by atoms with E-state index in [9.17, 15) is 0 Å². The normalized spacial score (nSPS) is 10.1. The highest BCUT2D eigenvalue weighted by molar-refractivity contribution is 5.45. The molecule has 0 radical (unpaired) electrons. The highest BCUT2D eigenvalue weighted by atomic mass is 16.5. The smallest absolute Gasteiger partial charge is 0.192 e. The third-order valence-electron chi connectivity index (χ3n) is 0.751. The maximum atomic E-state index is 4.81. The third kappa shape index (κ3) is 5.27. The number of rotatable bonds is 4. The fourth-order valence-electron chi connectivity index (χ4n) is 0.323. The molecule has 0 unspecified atom stereocenters. The topological polar surface area (TPSA) is 47.6 Å². The van der Waals surface area contributed by atoms with Crippen LogP contribution in [0.5, 0.6) is 0 Å². The van der Waals surface area contributed by atoms with Gasteiger partial charge in [0.2, 0.25) is 0 Å². The van der Waals surface area contributed by atoms with E-state index in [-0.39, 0.29) is 0 Å². The van der Waals surface area contributed by atoms with Gasteiger partial charge in [0.15, 0.2) is 6.40 Å². The van der Waals surface area contributed by atoms with Gasteiger partial charge in [-0.1, -0.05) is 13.3 Å². The van der Waals surface area contributed by atoms with E-state index in [1.165, 1.54) is 6.40 Å². The predicted octanol–water partition coefficient (Wildman–Crippen LogP) is 0.705. The van der Waals surface area contributed by atoms with Crippen LogP contribution in [0.2, 0.25) is 0 Å². The van der Waals surface area contributed by atoms with Gasteiger partial charge < -0.3 is 10.6 Å². The Kier molecular flexibility index (Phi) is 5.70. The molecule has 0 aliphatic carbocycles. The Morgan fingerprint density at radius 2 is 2.50 bits per heavy atom. The number of unbranched alkanes of at least 4 members (excludes halogenated alkanes) is 1. The van der Waals surface area contributed by atoms with E-state index < -0.39 is 0 Å². The molecule has 0 atom stereocenters. The molecule has 0 spiro atoms. The molecule has 3 nitrogen and oxygen atoms in total. The van der Waals surface area contributed by atoms with Crippen LogP contribution in [0, 0.1) is 0 Å². The van der Waals surface area contributed by atoms with Crippen LogP contribution in [-0.2, 0) is 4.74 Å². The summed E-state index contributed by atoms with van der Waals surface area (Å²) in [5.74, 6) is 4.76. The first-order valence-corrected chi connectivity index (χ1v) is 2.75. The van der Waals surface area contributed by atoms with Crippen LogP contribution in [-0.4, -0.2) is 13.0 Å². The summed E-state index contributed by atoms with van der Waals surface area (Å²) >= 11 is 0. The first-order chi connectivity index (χ1) is 3.91. The van der Waals surface area contributed by atoms with Crippen molar-refractivity contribution in [1.82, 2.24) is 0 Å². The molecule has 0 aliphatic rings. The molecule has 8 heavy (non-hydrogen) atoms. The fraction of sp³-hybridized carbons (Fsp3) is 0.800. The van der Waals surface area contributed by atoms with Gasteiger partial charge >= 0.3 is 0 Å². The van der Waals surface area contributed by atoms with E-state index in [1.807, 2.05) is 0 Å². The Bertz CT molecular complexity index is 63.4. The van der Waals surface area contributed by atoms with Crippen molar-refractivity contribution in [3.8, 4) is 0 Å². The SMILES string of the molecule is CCCCO/C=N\N. The molecule has 0 rings (SSSR count). The molecule has 48 valence electrons. The van der Waals surface area contributed by atoms with Crippen LogP contribution < -0.4 is 5.84 Å². The zero-order valence-corrected chi connectivity index (χ0v) is 5.13. The fourth-order valence-corrected chi connectivity index (χ4v) is 0.323. The molecule has 0 amide bonds. The highest BCUT2D eigenvalue weighted by Gasteiger charge is 1.78. The van der Waals surface area contributed by atoms with Gasteiger partial charge in [0.1, 0.15) is 0 Å². The maximum absolute atomic E-state index is 4.81. The molecular formula is C5H12N2O. The summed E-state index contributed by atoms with van der Waals surface area (Å²) < 4.78 is 4.81. The maximum Gasteiger partial charge on any atom is 0.192 e. The number of nitrogens with zero attached hydrogens (tertiary/aromatic N) is 1. The first kappa shape index (κ1) is 7.27. The van der Waals surface area contributed by atoms with Gasteiger partial charge in [-0.25, -0.2) is 0 Å². The Labute approximate surface area is 49.5 Å². The van der Waals surface area contributed by atoms with Gasteiger partial charge in [-0.3, -0.25) is 0 Å². The van der Waals surface area contributed by atoms with Gasteiger partial charge in [0.05, 0.1) is 6.61 Å². The molecule has 0 fully saturated rings. The minimum atomic E-state index is 0.719. The molecule has 0 bridgehead atoms. The van der Waals surface area contributed by atoms with Crippen molar-refractivity contribution in [1.29, 1.82) is 0 Å². The summed E-state index contributed by atoms with van der Waals surface area (Å²) in [6, 6.07) is 0. The summed E-state index contributed by atoms with van der Waals surface area (Å²) in [7, 11) is 0. The Morgan fingerprint density at radius 1 is 1.75 bits per heavy atom. The van der Waals surface area contributed by atoms with Crippen LogP contribution in [0.4, 0.5) is 0 Å². The second-order valence-corrected chi connectivity index (χ2v) is 1.48. The third-order valence-corrected chi connectivity index (χ3v) is 0.751.